The third kappa shape index (κ3) is 5.32. The number of amides is 1. The van der Waals surface area contributed by atoms with Gasteiger partial charge in [0.15, 0.2) is 0 Å². The molecule has 0 aliphatic heterocycles. The smallest absolute Gasteiger partial charge is 0.272 e. The highest BCUT2D eigenvalue weighted by molar-refractivity contribution is 5.92. The number of nitrogens with one attached hydrogen (secondary N) is 1. The maximum atomic E-state index is 12.5. The van der Waals surface area contributed by atoms with Crippen LogP contribution in [0.4, 0.5) is 5.95 Å². The Morgan fingerprint density at radius 2 is 1.87 bits per heavy atom. The van der Waals surface area contributed by atoms with Crippen LogP contribution in [-0.4, -0.2) is 44.9 Å². The fourth-order valence-electron chi connectivity index (χ4n) is 2.02. The molecule has 2 aromatic rings. The maximum Gasteiger partial charge on any atom is 0.272 e. The Labute approximate surface area is 137 Å². The van der Waals surface area contributed by atoms with Crippen LogP contribution in [0.1, 0.15) is 36.8 Å². The quantitative estimate of drug-likeness (QED) is 0.918. The first-order valence-corrected chi connectivity index (χ1v) is 7.61. The molecule has 122 valence electrons. The highest BCUT2D eigenvalue weighted by Crippen LogP contribution is 2.11. The van der Waals surface area contributed by atoms with Crippen molar-refractivity contribution in [2.45, 2.75) is 32.7 Å². The standard InChI is InChI=1S/C17H23N5O/c1-17(2,3)21-16-19-11-7-14(20-16)15(23)22(4)12-8-13-5-9-18-10-6-13/h5-7,9-11H,8,12H2,1-4H3,(H,19,20,21). The number of aromatic nitrogens is 3. The Morgan fingerprint density at radius 1 is 1.17 bits per heavy atom. The number of likely N-dealkylation sites (N-methyl/N-ethyl adjacent to an activating group) is 1. The van der Waals surface area contributed by atoms with Crippen molar-refractivity contribution in [1.82, 2.24) is 19.9 Å². The summed E-state index contributed by atoms with van der Waals surface area (Å²) in [7, 11) is 1.78. The Balaban J connectivity index is 2.00. The average molecular weight is 313 g/mol. The SMILES string of the molecule is CN(CCc1ccncc1)C(=O)c1ccnc(NC(C)(C)C)n1. The highest BCUT2D eigenvalue weighted by Gasteiger charge is 2.16. The normalized spacial score (nSPS) is 11.1. The summed E-state index contributed by atoms with van der Waals surface area (Å²) in [5.74, 6) is 0.351. The van der Waals surface area contributed by atoms with E-state index < -0.39 is 0 Å². The third-order valence-corrected chi connectivity index (χ3v) is 3.19. The van der Waals surface area contributed by atoms with E-state index in [-0.39, 0.29) is 11.4 Å². The molecule has 0 aromatic carbocycles. The van der Waals surface area contributed by atoms with Gasteiger partial charge >= 0.3 is 0 Å². The zero-order chi connectivity index (χ0) is 16.9. The Morgan fingerprint density at radius 3 is 2.52 bits per heavy atom. The van der Waals surface area contributed by atoms with Crippen LogP contribution in [0.2, 0.25) is 0 Å². The van der Waals surface area contributed by atoms with Crippen LogP contribution in [-0.2, 0) is 6.42 Å². The van der Waals surface area contributed by atoms with Crippen LogP contribution in [0, 0.1) is 0 Å². The van der Waals surface area contributed by atoms with Gasteiger partial charge in [-0.25, -0.2) is 9.97 Å². The zero-order valence-electron chi connectivity index (χ0n) is 14.1. The van der Waals surface area contributed by atoms with Gasteiger partial charge in [0.25, 0.3) is 5.91 Å². The Bertz CT molecular complexity index is 652. The van der Waals surface area contributed by atoms with Crippen LogP contribution in [0.3, 0.4) is 0 Å². The molecule has 0 atom stereocenters. The van der Waals surface area contributed by atoms with E-state index in [0.717, 1.165) is 12.0 Å². The predicted molar refractivity (Wildman–Crippen MR) is 90.3 cm³/mol. The fourth-order valence-corrected chi connectivity index (χ4v) is 2.02. The summed E-state index contributed by atoms with van der Waals surface area (Å²) in [6.45, 7) is 6.68. The van der Waals surface area contributed by atoms with E-state index in [0.29, 0.717) is 18.2 Å². The molecule has 0 aliphatic rings. The van der Waals surface area contributed by atoms with Crippen molar-refractivity contribution in [2.75, 3.05) is 18.9 Å². The zero-order valence-corrected chi connectivity index (χ0v) is 14.1. The first kappa shape index (κ1) is 16.9. The second-order valence-corrected chi connectivity index (χ2v) is 6.47. The Hall–Kier alpha value is -2.50. The fraction of sp³-hybridized carbons (Fsp3) is 0.412. The summed E-state index contributed by atoms with van der Waals surface area (Å²) in [6, 6.07) is 5.54. The molecule has 6 heteroatoms. The van der Waals surface area contributed by atoms with Crippen molar-refractivity contribution in [3.63, 3.8) is 0 Å². The van der Waals surface area contributed by atoms with Gasteiger partial charge in [-0.15, -0.1) is 0 Å². The molecule has 0 unspecified atom stereocenters. The molecule has 23 heavy (non-hydrogen) atoms. The summed E-state index contributed by atoms with van der Waals surface area (Å²) in [5.41, 5.74) is 1.39. The van der Waals surface area contributed by atoms with E-state index in [1.807, 2.05) is 32.9 Å². The van der Waals surface area contributed by atoms with Crippen LogP contribution >= 0.6 is 0 Å². The molecule has 0 spiro atoms. The van der Waals surface area contributed by atoms with Gasteiger partial charge in [0, 0.05) is 37.7 Å². The molecule has 2 rings (SSSR count). The highest BCUT2D eigenvalue weighted by atomic mass is 16.2. The van der Waals surface area contributed by atoms with Gasteiger partial charge in [-0.3, -0.25) is 9.78 Å². The van der Waals surface area contributed by atoms with Gasteiger partial charge < -0.3 is 10.2 Å². The lowest BCUT2D eigenvalue weighted by atomic mass is 10.1. The van der Waals surface area contributed by atoms with Crippen LogP contribution < -0.4 is 5.32 Å². The summed E-state index contributed by atoms with van der Waals surface area (Å²) in [6.07, 6.45) is 5.89. The van der Waals surface area contributed by atoms with Gasteiger partial charge in [0.1, 0.15) is 5.69 Å². The minimum atomic E-state index is -0.158. The van der Waals surface area contributed by atoms with Crippen molar-refractivity contribution in [3.8, 4) is 0 Å². The van der Waals surface area contributed by atoms with Gasteiger partial charge in [-0.05, 0) is 51.0 Å². The number of hydrogen-bond acceptors (Lipinski definition) is 5. The lowest BCUT2D eigenvalue weighted by Gasteiger charge is -2.21. The lowest BCUT2D eigenvalue weighted by molar-refractivity contribution is 0.0790. The van der Waals surface area contributed by atoms with E-state index in [9.17, 15) is 4.79 Å². The number of rotatable bonds is 5. The summed E-state index contributed by atoms with van der Waals surface area (Å²) in [5, 5.41) is 3.17. The molecule has 2 heterocycles. The average Bonchev–Trinajstić information content (AvgIpc) is 2.51. The first-order chi connectivity index (χ1) is 10.8. The molecular weight excluding hydrogens is 290 g/mol. The number of hydrogen-bond donors (Lipinski definition) is 1. The summed E-state index contributed by atoms with van der Waals surface area (Å²) >= 11 is 0. The van der Waals surface area contributed by atoms with Crippen molar-refractivity contribution in [2.24, 2.45) is 0 Å². The molecule has 1 amide bonds. The summed E-state index contributed by atoms with van der Waals surface area (Å²) in [4.78, 5) is 26.6. The van der Waals surface area contributed by atoms with E-state index in [1.54, 1.807) is 36.6 Å². The largest absolute Gasteiger partial charge is 0.350 e. The molecule has 0 saturated heterocycles. The summed E-state index contributed by atoms with van der Waals surface area (Å²) < 4.78 is 0. The Kier molecular flexibility index (Phi) is 5.26. The third-order valence-electron chi connectivity index (χ3n) is 3.19. The maximum absolute atomic E-state index is 12.5. The topological polar surface area (TPSA) is 71.0 Å². The lowest BCUT2D eigenvalue weighted by Crippen LogP contribution is -2.31. The van der Waals surface area contributed by atoms with Crippen molar-refractivity contribution in [3.05, 3.63) is 48.0 Å². The number of pyridine rings is 1. The molecule has 2 aromatic heterocycles. The van der Waals surface area contributed by atoms with Gasteiger partial charge in [0.2, 0.25) is 5.95 Å². The van der Waals surface area contributed by atoms with Gasteiger partial charge in [-0.2, -0.15) is 0 Å². The monoisotopic (exact) mass is 313 g/mol. The number of carbonyl (C=O) groups is 1. The molecule has 0 bridgehead atoms. The minimum Gasteiger partial charge on any atom is -0.350 e. The van der Waals surface area contributed by atoms with Crippen molar-refractivity contribution >= 4 is 11.9 Å². The second kappa shape index (κ2) is 7.17. The van der Waals surface area contributed by atoms with E-state index >= 15 is 0 Å². The molecule has 1 N–H and O–H groups in total. The number of anilines is 1. The van der Waals surface area contributed by atoms with E-state index in [2.05, 4.69) is 20.3 Å². The minimum absolute atomic E-state index is 0.113. The van der Waals surface area contributed by atoms with Crippen LogP contribution in [0.15, 0.2) is 36.8 Å². The van der Waals surface area contributed by atoms with E-state index in [1.165, 1.54) is 0 Å². The molecule has 0 fully saturated rings. The molecule has 6 nitrogen and oxygen atoms in total. The van der Waals surface area contributed by atoms with Crippen LogP contribution in [0.25, 0.3) is 0 Å². The molecule has 0 radical (unpaired) electrons. The molecular formula is C17H23N5O. The predicted octanol–water partition coefficient (Wildman–Crippen LogP) is 2.40. The second-order valence-electron chi connectivity index (χ2n) is 6.47. The molecule has 0 saturated carbocycles. The van der Waals surface area contributed by atoms with Crippen molar-refractivity contribution in [1.29, 1.82) is 0 Å². The van der Waals surface area contributed by atoms with Gasteiger partial charge in [-0.1, -0.05) is 0 Å². The molecule has 0 aliphatic carbocycles. The first-order valence-electron chi connectivity index (χ1n) is 7.61. The number of nitrogens with zero attached hydrogens (tertiary/aromatic N) is 4. The van der Waals surface area contributed by atoms with E-state index in [4.69, 9.17) is 0 Å². The van der Waals surface area contributed by atoms with Crippen molar-refractivity contribution < 1.29 is 4.79 Å². The number of carbonyl (C=O) groups excluding carboxylic acids is 1. The van der Waals surface area contributed by atoms with Crippen LogP contribution in [0.5, 0.6) is 0 Å². The van der Waals surface area contributed by atoms with Gasteiger partial charge in [0.05, 0.1) is 0 Å².